The molecule has 1 heterocycles. The molecule has 0 aliphatic carbocycles. The van der Waals surface area contributed by atoms with E-state index in [2.05, 4.69) is 22.9 Å². The molecule has 1 aromatic rings. The molecule has 0 radical (unpaired) electrons. The van der Waals surface area contributed by atoms with E-state index in [0.717, 1.165) is 54.9 Å². The standard InChI is InChI=1S/C21H31N3O4S/c1-3-4-6-10-16(26)20(27)22-13-7-5-8-14-28-17-11-9-12-18-19(17)24-21(29-18)23-15(2)25/h9,11-12,21,24H,3-8,10,13-14H2,1-2H3,(H,22,27)(H,23,25). The van der Waals surface area contributed by atoms with Gasteiger partial charge in [-0.15, -0.1) is 0 Å². The van der Waals surface area contributed by atoms with E-state index in [-0.39, 0.29) is 17.2 Å². The Labute approximate surface area is 176 Å². The number of carbonyl (C=O) groups is 3. The summed E-state index contributed by atoms with van der Waals surface area (Å²) >= 11 is 1.55. The number of ether oxygens (including phenoxy) is 1. The summed E-state index contributed by atoms with van der Waals surface area (Å²) in [6.07, 6.45) is 5.69. The third kappa shape index (κ3) is 7.97. The second-order valence-corrected chi connectivity index (χ2v) is 8.16. The summed E-state index contributed by atoms with van der Waals surface area (Å²) in [7, 11) is 0. The molecule has 0 aromatic heterocycles. The van der Waals surface area contributed by atoms with Crippen LogP contribution >= 0.6 is 11.8 Å². The summed E-state index contributed by atoms with van der Waals surface area (Å²) < 4.78 is 5.89. The first-order valence-corrected chi connectivity index (χ1v) is 11.2. The lowest BCUT2D eigenvalue weighted by Crippen LogP contribution is -2.34. The molecule has 1 aliphatic heterocycles. The van der Waals surface area contributed by atoms with Crippen molar-refractivity contribution in [1.82, 2.24) is 10.6 Å². The summed E-state index contributed by atoms with van der Waals surface area (Å²) in [4.78, 5) is 35.6. The Balaban J connectivity index is 1.60. The Bertz CT molecular complexity index is 711. The monoisotopic (exact) mass is 421 g/mol. The van der Waals surface area contributed by atoms with Gasteiger partial charge in [0.25, 0.3) is 5.91 Å². The van der Waals surface area contributed by atoms with Crippen molar-refractivity contribution in [2.45, 2.75) is 69.2 Å². The van der Waals surface area contributed by atoms with Crippen molar-refractivity contribution >= 4 is 35.0 Å². The molecule has 0 saturated carbocycles. The number of benzene rings is 1. The normalized spacial score (nSPS) is 14.6. The minimum absolute atomic E-state index is 0.0833. The number of thioether (sulfide) groups is 1. The molecule has 3 N–H and O–H groups in total. The van der Waals surface area contributed by atoms with Gasteiger partial charge < -0.3 is 20.7 Å². The summed E-state index contributed by atoms with van der Waals surface area (Å²) in [5, 5.41) is 8.80. The Hall–Kier alpha value is -2.22. The molecule has 1 aliphatic rings. The van der Waals surface area contributed by atoms with E-state index in [1.54, 1.807) is 11.8 Å². The molecular weight excluding hydrogens is 390 g/mol. The van der Waals surface area contributed by atoms with Gasteiger partial charge in [0.2, 0.25) is 11.7 Å². The fraction of sp³-hybridized carbons (Fsp3) is 0.571. The maximum absolute atomic E-state index is 11.7. The Morgan fingerprint density at radius 2 is 1.97 bits per heavy atom. The highest BCUT2D eigenvalue weighted by atomic mass is 32.2. The number of unbranched alkanes of at least 4 members (excludes halogenated alkanes) is 4. The molecule has 0 bridgehead atoms. The van der Waals surface area contributed by atoms with Gasteiger partial charge in [-0.05, 0) is 37.8 Å². The molecule has 0 fully saturated rings. The molecule has 0 spiro atoms. The van der Waals surface area contributed by atoms with Crippen LogP contribution in [-0.2, 0) is 14.4 Å². The number of para-hydroxylation sites is 1. The van der Waals surface area contributed by atoms with Gasteiger partial charge in [-0.25, -0.2) is 0 Å². The minimum Gasteiger partial charge on any atom is -0.491 e. The Morgan fingerprint density at radius 1 is 1.14 bits per heavy atom. The maximum Gasteiger partial charge on any atom is 0.287 e. The van der Waals surface area contributed by atoms with E-state index in [1.165, 1.54) is 6.92 Å². The average Bonchev–Trinajstić information content (AvgIpc) is 3.09. The van der Waals surface area contributed by atoms with E-state index >= 15 is 0 Å². The smallest absolute Gasteiger partial charge is 0.287 e. The van der Waals surface area contributed by atoms with Gasteiger partial charge >= 0.3 is 0 Å². The lowest BCUT2D eigenvalue weighted by atomic mass is 10.1. The molecule has 7 nitrogen and oxygen atoms in total. The number of fused-ring (bicyclic) bond motifs is 1. The third-order valence-corrected chi connectivity index (χ3v) is 5.53. The second-order valence-electron chi connectivity index (χ2n) is 7.02. The van der Waals surface area contributed by atoms with Gasteiger partial charge in [0, 0.05) is 24.8 Å². The third-order valence-electron chi connectivity index (χ3n) is 4.47. The number of Topliss-reactive ketones (excluding diaryl/α,β-unsaturated/α-hetero) is 1. The van der Waals surface area contributed by atoms with Gasteiger partial charge in [0.1, 0.15) is 5.75 Å². The van der Waals surface area contributed by atoms with Gasteiger partial charge in [0.05, 0.1) is 12.3 Å². The first kappa shape index (κ1) is 23.1. The topological polar surface area (TPSA) is 96.5 Å². The highest BCUT2D eigenvalue weighted by Crippen LogP contribution is 2.43. The van der Waals surface area contributed by atoms with Crippen LogP contribution in [0.5, 0.6) is 5.75 Å². The maximum atomic E-state index is 11.7. The van der Waals surface area contributed by atoms with Crippen molar-refractivity contribution in [3.63, 3.8) is 0 Å². The number of amides is 2. The molecule has 2 rings (SSSR count). The van der Waals surface area contributed by atoms with E-state index in [0.29, 0.717) is 19.6 Å². The summed E-state index contributed by atoms with van der Waals surface area (Å²) in [6, 6.07) is 5.84. The number of carbonyl (C=O) groups excluding carboxylic acids is 3. The van der Waals surface area contributed by atoms with Crippen LogP contribution in [0, 0.1) is 0 Å². The van der Waals surface area contributed by atoms with Crippen LogP contribution in [0.15, 0.2) is 23.1 Å². The van der Waals surface area contributed by atoms with Crippen molar-refractivity contribution in [3.05, 3.63) is 18.2 Å². The van der Waals surface area contributed by atoms with Crippen molar-refractivity contribution in [2.75, 3.05) is 18.5 Å². The van der Waals surface area contributed by atoms with Crippen molar-refractivity contribution in [1.29, 1.82) is 0 Å². The summed E-state index contributed by atoms with van der Waals surface area (Å²) in [5.74, 6) is -0.0917. The van der Waals surface area contributed by atoms with Crippen molar-refractivity contribution in [2.24, 2.45) is 0 Å². The molecule has 160 valence electrons. The SMILES string of the molecule is CCCCCC(=O)C(=O)NCCCCCOc1cccc2c1NC(NC(C)=O)S2. The first-order chi connectivity index (χ1) is 14.0. The van der Waals surface area contributed by atoms with E-state index in [9.17, 15) is 14.4 Å². The number of rotatable bonds is 13. The molecule has 1 atom stereocenters. The number of hydrogen-bond donors (Lipinski definition) is 3. The molecular formula is C21H31N3O4S. The lowest BCUT2D eigenvalue weighted by Gasteiger charge is -2.13. The van der Waals surface area contributed by atoms with Crippen LogP contribution < -0.4 is 20.7 Å². The van der Waals surface area contributed by atoms with Crippen molar-refractivity contribution < 1.29 is 19.1 Å². The van der Waals surface area contributed by atoms with Crippen LogP contribution in [0.3, 0.4) is 0 Å². The highest BCUT2D eigenvalue weighted by Gasteiger charge is 2.24. The zero-order valence-corrected chi connectivity index (χ0v) is 18.0. The van der Waals surface area contributed by atoms with Gasteiger partial charge in [-0.2, -0.15) is 0 Å². The van der Waals surface area contributed by atoms with Gasteiger partial charge in [0.15, 0.2) is 5.50 Å². The highest BCUT2D eigenvalue weighted by molar-refractivity contribution is 8.00. The van der Waals surface area contributed by atoms with Crippen molar-refractivity contribution in [3.8, 4) is 5.75 Å². The fourth-order valence-electron chi connectivity index (χ4n) is 2.94. The molecule has 0 saturated heterocycles. The first-order valence-electron chi connectivity index (χ1n) is 10.3. The van der Waals surface area contributed by atoms with E-state index < -0.39 is 5.91 Å². The molecule has 1 unspecified atom stereocenters. The predicted octanol–water partition coefficient (Wildman–Crippen LogP) is 3.44. The Morgan fingerprint density at radius 3 is 2.72 bits per heavy atom. The fourth-order valence-corrected chi connectivity index (χ4v) is 4.04. The van der Waals surface area contributed by atoms with Gasteiger partial charge in [-0.3, -0.25) is 14.4 Å². The number of anilines is 1. The number of hydrogen-bond acceptors (Lipinski definition) is 6. The van der Waals surface area contributed by atoms with Gasteiger partial charge in [-0.1, -0.05) is 37.6 Å². The zero-order valence-electron chi connectivity index (χ0n) is 17.2. The number of nitrogens with one attached hydrogen (secondary N) is 3. The van der Waals surface area contributed by atoms with Crippen LogP contribution in [0.25, 0.3) is 0 Å². The van der Waals surface area contributed by atoms with E-state index in [1.807, 2.05) is 18.2 Å². The summed E-state index contributed by atoms with van der Waals surface area (Å²) in [5.41, 5.74) is 0.727. The molecule has 29 heavy (non-hydrogen) atoms. The van der Waals surface area contributed by atoms with Crippen LogP contribution in [-0.4, -0.2) is 36.2 Å². The van der Waals surface area contributed by atoms with Crippen LogP contribution in [0.4, 0.5) is 5.69 Å². The van der Waals surface area contributed by atoms with Crippen LogP contribution in [0.2, 0.25) is 0 Å². The number of ketones is 1. The van der Waals surface area contributed by atoms with E-state index in [4.69, 9.17) is 4.74 Å². The molecule has 2 amide bonds. The summed E-state index contributed by atoms with van der Waals surface area (Å²) in [6.45, 7) is 4.64. The predicted molar refractivity (Wildman–Crippen MR) is 115 cm³/mol. The molecule has 1 aromatic carbocycles. The van der Waals surface area contributed by atoms with Crippen LogP contribution in [0.1, 0.15) is 58.8 Å². The average molecular weight is 422 g/mol. The largest absolute Gasteiger partial charge is 0.491 e. The quantitative estimate of drug-likeness (QED) is 0.333. The molecule has 8 heteroatoms. The second kappa shape index (κ2) is 12.4. The lowest BCUT2D eigenvalue weighted by molar-refractivity contribution is -0.138. The minimum atomic E-state index is -0.463. The Kier molecular flexibility index (Phi) is 9.83. The zero-order chi connectivity index (χ0) is 21.1.